The lowest BCUT2D eigenvalue weighted by molar-refractivity contribution is -0.131. The summed E-state index contributed by atoms with van der Waals surface area (Å²) < 4.78 is 5.43. The van der Waals surface area contributed by atoms with E-state index in [1.165, 1.54) is 0 Å². The van der Waals surface area contributed by atoms with E-state index in [0.29, 0.717) is 13.1 Å². The summed E-state index contributed by atoms with van der Waals surface area (Å²) in [6.07, 6.45) is 0. The molecule has 1 saturated heterocycles. The first-order chi connectivity index (χ1) is 11.7. The van der Waals surface area contributed by atoms with Crippen LogP contribution < -0.4 is 9.64 Å². The number of piperazine rings is 1. The Balaban J connectivity index is 1.63. The van der Waals surface area contributed by atoms with E-state index in [-0.39, 0.29) is 5.91 Å². The van der Waals surface area contributed by atoms with Crippen molar-refractivity contribution in [3.05, 3.63) is 60.2 Å². The van der Waals surface area contributed by atoms with E-state index in [4.69, 9.17) is 16.3 Å². The van der Waals surface area contributed by atoms with E-state index in [1.807, 2.05) is 59.5 Å². The number of alkyl halides is 1. The minimum Gasteiger partial charge on any atom is -0.495 e. The number of nitrogens with zero attached hydrogens (tertiary/aromatic N) is 2. The summed E-state index contributed by atoms with van der Waals surface area (Å²) in [6, 6.07) is 17.5. The fraction of sp³-hybridized carbons (Fsp3) is 0.316. The highest BCUT2D eigenvalue weighted by Gasteiger charge is 2.27. The third kappa shape index (κ3) is 3.49. The molecule has 0 radical (unpaired) electrons. The third-order valence-electron chi connectivity index (χ3n) is 4.33. The molecule has 1 fully saturated rings. The smallest absolute Gasteiger partial charge is 0.245 e. The summed E-state index contributed by atoms with van der Waals surface area (Å²) in [5, 5.41) is -0.621. The van der Waals surface area contributed by atoms with Crippen molar-refractivity contribution in [1.82, 2.24) is 4.90 Å². The first-order valence-electron chi connectivity index (χ1n) is 8.06. The van der Waals surface area contributed by atoms with Crippen molar-refractivity contribution in [2.45, 2.75) is 5.38 Å². The van der Waals surface area contributed by atoms with Gasteiger partial charge in [0.25, 0.3) is 0 Å². The molecule has 1 amide bonds. The highest BCUT2D eigenvalue weighted by molar-refractivity contribution is 6.30. The number of hydrogen-bond donors (Lipinski definition) is 0. The van der Waals surface area contributed by atoms with Crippen molar-refractivity contribution >= 4 is 23.2 Å². The Bertz CT molecular complexity index is 685. The van der Waals surface area contributed by atoms with Gasteiger partial charge in [-0.3, -0.25) is 4.79 Å². The van der Waals surface area contributed by atoms with Gasteiger partial charge in [0.2, 0.25) is 5.91 Å². The number of carbonyl (C=O) groups is 1. The van der Waals surface area contributed by atoms with Crippen molar-refractivity contribution in [1.29, 1.82) is 0 Å². The van der Waals surface area contributed by atoms with Gasteiger partial charge in [0, 0.05) is 26.2 Å². The van der Waals surface area contributed by atoms with Crippen molar-refractivity contribution in [3.63, 3.8) is 0 Å². The second-order valence-corrected chi connectivity index (χ2v) is 6.19. The minimum atomic E-state index is -0.621. The number of ether oxygens (including phenoxy) is 1. The summed E-state index contributed by atoms with van der Waals surface area (Å²) >= 11 is 6.37. The molecule has 0 aromatic heterocycles. The molecule has 0 unspecified atom stereocenters. The van der Waals surface area contributed by atoms with Crippen LogP contribution in [0.3, 0.4) is 0 Å². The highest BCUT2D eigenvalue weighted by atomic mass is 35.5. The zero-order chi connectivity index (χ0) is 16.9. The number of halogens is 1. The van der Waals surface area contributed by atoms with E-state index >= 15 is 0 Å². The molecule has 4 nitrogen and oxygen atoms in total. The van der Waals surface area contributed by atoms with Gasteiger partial charge in [-0.05, 0) is 17.7 Å². The lowest BCUT2D eigenvalue weighted by atomic mass is 10.1. The van der Waals surface area contributed by atoms with Crippen LogP contribution in [0.4, 0.5) is 5.69 Å². The molecule has 1 aliphatic heterocycles. The molecule has 1 atom stereocenters. The molecule has 1 heterocycles. The number of anilines is 1. The van der Waals surface area contributed by atoms with Gasteiger partial charge >= 0.3 is 0 Å². The van der Waals surface area contributed by atoms with Gasteiger partial charge in [-0.2, -0.15) is 0 Å². The van der Waals surface area contributed by atoms with E-state index in [2.05, 4.69) is 4.90 Å². The maximum Gasteiger partial charge on any atom is 0.245 e. The number of benzene rings is 2. The fourth-order valence-electron chi connectivity index (χ4n) is 2.98. The summed E-state index contributed by atoms with van der Waals surface area (Å²) in [6.45, 7) is 2.86. The van der Waals surface area contributed by atoms with Crippen molar-refractivity contribution in [3.8, 4) is 5.75 Å². The zero-order valence-electron chi connectivity index (χ0n) is 13.7. The van der Waals surface area contributed by atoms with Gasteiger partial charge in [0.1, 0.15) is 11.1 Å². The SMILES string of the molecule is COc1ccccc1N1CCN(C(=O)[C@@H](Cl)c2ccccc2)CC1. The molecular formula is C19H21ClN2O2. The van der Waals surface area contributed by atoms with Gasteiger partial charge in [-0.15, -0.1) is 11.6 Å². The normalized spacial score (nSPS) is 15.9. The highest BCUT2D eigenvalue weighted by Crippen LogP contribution is 2.29. The average molecular weight is 345 g/mol. The van der Waals surface area contributed by atoms with Crippen molar-refractivity contribution < 1.29 is 9.53 Å². The molecule has 126 valence electrons. The van der Waals surface area contributed by atoms with Crippen LogP contribution in [0.15, 0.2) is 54.6 Å². The van der Waals surface area contributed by atoms with Gasteiger partial charge < -0.3 is 14.5 Å². The second-order valence-electron chi connectivity index (χ2n) is 5.76. The molecule has 3 rings (SSSR count). The number of hydrogen-bond acceptors (Lipinski definition) is 3. The predicted molar refractivity (Wildman–Crippen MR) is 96.8 cm³/mol. The Morgan fingerprint density at radius 3 is 2.29 bits per heavy atom. The molecule has 0 N–H and O–H groups in total. The number of rotatable bonds is 4. The topological polar surface area (TPSA) is 32.8 Å². The molecular weight excluding hydrogens is 324 g/mol. The first-order valence-corrected chi connectivity index (χ1v) is 8.50. The number of methoxy groups -OCH3 is 1. The minimum absolute atomic E-state index is 0.0254. The van der Waals surface area contributed by atoms with E-state index in [0.717, 1.165) is 30.1 Å². The second kappa shape index (κ2) is 7.58. The molecule has 0 aliphatic carbocycles. The van der Waals surface area contributed by atoms with Gasteiger partial charge in [0.05, 0.1) is 12.8 Å². The summed E-state index contributed by atoms with van der Waals surface area (Å²) in [5.41, 5.74) is 1.91. The van der Waals surface area contributed by atoms with Crippen LogP contribution in [0, 0.1) is 0 Å². The zero-order valence-corrected chi connectivity index (χ0v) is 14.4. The molecule has 0 spiro atoms. The van der Waals surface area contributed by atoms with Crippen LogP contribution in [0.25, 0.3) is 0 Å². The maximum atomic E-state index is 12.6. The number of para-hydroxylation sites is 2. The van der Waals surface area contributed by atoms with Crippen LogP contribution in [-0.4, -0.2) is 44.1 Å². The molecule has 1 aliphatic rings. The van der Waals surface area contributed by atoms with E-state index in [9.17, 15) is 4.79 Å². The average Bonchev–Trinajstić information content (AvgIpc) is 2.67. The van der Waals surface area contributed by atoms with Crippen molar-refractivity contribution in [2.75, 3.05) is 38.2 Å². The van der Waals surface area contributed by atoms with Gasteiger partial charge in [-0.1, -0.05) is 42.5 Å². The lowest BCUT2D eigenvalue weighted by Crippen LogP contribution is -2.49. The van der Waals surface area contributed by atoms with Gasteiger partial charge in [-0.25, -0.2) is 0 Å². The number of amides is 1. The molecule has 0 saturated carbocycles. The van der Waals surface area contributed by atoms with Crippen LogP contribution in [-0.2, 0) is 4.79 Å². The fourth-order valence-corrected chi connectivity index (χ4v) is 3.27. The van der Waals surface area contributed by atoms with Crippen LogP contribution in [0.5, 0.6) is 5.75 Å². The molecule has 24 heavy (non-hydrogen) atoms. The maximum absolute atomic E-state index is 12.6. The quantitative estimate of drug-likeness (QED) is 0.798. The van der Waals surface area contributed by atoms with Crippen LogP contribution in [0.2, 0.25) is 0 Å². The number of carbonyl (C=O) groups excluding carboxylic acids is 1. The largest absolute Gasteiger partial charge is 0.495 e. The Hall–Kier alpha value is -2.20. The van der Waals surface area contributed by atoms with Gasteiger partial charge in [0.15, 0.2) is 0 Å². The Morgan fingerprint density at radius 1 is 1.00 bits per heavy atom. The van der Waals surface area contributed by atoms with E-state index < -0.39 is 5.38 Å². The van der Waals surface area contributed by atoms with Crippen LogP contribution >= 0.6 is 11.6 Å². The Morgan fingerprint density at radius 2 is 1.62 bits per heavy atom. The first kappa shape index (κ1) is 16.7. The standard InChI is InChI=1S/C19H21ClN2O2/c1-24-17-10-6-5-9-16(17)21-11-13-22(14-12-21)19(23)18(20)15-7-3-2-4-8-15/h2-10,18H,11-14H2,1H3/t18-/m0/s1. The summed E-state index contributed by atoms with van der Waals surface area (Å²) in [7, 11) is 1.68. The summed E-state index contributed by atoms with van der Waals surface area (Å²) in [4.78, 5) is 16.7. The van der Waals surface area contributed by atoms with Crippen molar-refractivity contribution in [2.24, 2.45) is 0 Å². The van der Waals surface area contributed by atoms with E-state index in [1.54, 1.807) is 7.11 Å². The molecule has 0 bridgehead atoms. The summed E-state index contributed by atoms with van der Waals surface area (Å²) in [5.74, 6) is 0.833. The van der Waals surface area contributed by atoms with Crippen LogP contribution in [0.1, 0.15) is 10.9 Å². The Kier molecular flexibility index (Phi) is 5.26. The third-order valence-corrected chi connectivity index (χ3v) is 4.76. The predicted octanol–water partition coefficient (Wildman–Crippen LogP) is 3.32. The lowest BCUT2D eigenvalue weighted by Gasteiger charge is -2.37. The Labute approximate surface area is 147 Å². The molecule has 2 aromatic carbocycles. The molecule has 2 aromatic rings. The molecule has 5 heteroatoms. The monoisotopic (exact) mass is 344 g/mol.